The number of hydrogen-bond donors (Lipinski definition) is 1. The van der Waals surface area contributed by atoms with E-state index >= 15 is 0 Å². The molecule has 2 rings (SSSR count). The Labute approximate surface area is 129 Å². The Morgan fingerprint density at radius 3 is 2.67 bits per heavy atom. The molecule has 0 aromatic heterocycles. The van der Waals surface area contributed by atoms with Gasteiger partial charge < -0.3 is 5.32 Å². The second kappa shape index (κ2) is 7.40. The SMILES string of the molecule is CCNC1CCC(C(C)C)CC1Cc1ccc(F)cc1C. The summed E-state index contributed by atoms with van der Waals surface area (Å²) in [5.41, 5.74) is 2.41. The van der Waals surface area contributed by atoms with E-state index in [0.717, 1.165) is 30.4 Å². The summed E-state index contributed by atoms with van der Waals surface area (Å²) in [5.74, 6) is 2.16. The molecule has 2 heteroatoms. The maximum atomic E-state index is 13.3. The molecule has 1 aromatic carbocycles. The van der Waals surface area contributed by atoms with Gasteiger partial charge in [0, 0.05) is 6.04 Å². The van der Waals surface area contributed by atoms with Gasteiger partial charge in [0.25, 0.3) is 0 Å². The van der Waals surface area contributed by atoms with Crippen LogP contribution in [0.5, 0.6) is 0 Å². The van der Waals surface area contributed by atoms with Crippen LogP contribution in [0, 0.1) is 30.5 Å². The van der Waals surface area contributed by atoms with Gasteiger partial charge in [0.2, 0.25) is 0 Å². The lowest BCUT2D eigenvalue weighted by Gasteiger charge is -2.38. The zero-order valence-electron chi connectivity index (χ0n) is 14.0. The number of hydrogen-bond acceptors (Lipinski definition) is 1. The predicted octanol–water partition coefficient (Wildman–Crippen LogP) is 4.73. The molecule has 1 fully saturated rings. The van der Waals surface area contributed by atoms with E-state index in [0.29, 0.717) is 12.0 Å². The van der Waals surface area contributed by atoms with Gasteiger partial charge in [0.15, 0.2) is 0 Å². The molecule has 0 aliphatic heterocycles. The Morgan fingerprint density at radius 2 is 2.05 bits per heavy atom. The van der Waals surface area contributed by atoms with Gasteiger partial charge in [-0.05, 0) is 80.2 Å². The van der Waals surface area contributed by atoms with E-state index in [1.165, 1.54) is 24.8 Å². The molecule has 0 radical (unpaired) electrons. The van der Waals surface area contributed by atoms with Gasteiger partial charge in [-0.2, -0.15) is 0 Å². The van der Waals surface area contributed by atoms with Crippen LogP contribution < -0.4 is 5.32 Å². The number of halogens is 1. The quantitative estimate of drug-likeness (QED) is 0.827. The zero-order chi connectivity index (χ0) is 15.4. The highest BCUT2D eigenvalue weighted by molar-refractivity contribution is 5.27. The number of benzene rings is 1. The van der Waals surface area contributed by atoms with Gasteiger partial charge in [-0.25, -0.2) is 4.39 Å². The lowest BCUT2D eigenvalue weighted by atomic mass is 9.71. The first-order chi connectivity index (χ1) is 10.0. The minimum Gasteiger partial charge on any atom is -0.314 e. The Morgan fingerprint density at radius 1 is 1.29 bits per heavy atom. The zero-order valence-corrected chi connectivity index (χ0v) is 14.0. The van der Waals surface area contributed by atoms with Crippen molar-refractivity contribution < 1.29 is 4.39 Å². The molecule has 21 heavy (non-hydrogen) atoms. The average Bonchev–Trinajstić information content (AvgIpc) is 2.43. The smallest absolute Gasteiger partial charge is 0.123 e. The van der Waals surface area contributed by atoms with E-state index in [1.807, 2.05) is 13.0 Å². The Balaban J connectivity index is 2.11. The molecule has 0 heterocycles. The highest BCUT2D eigenvalue weighted by Gasteiger charge is 2.31. The molecule has 1 aliphatic carbocycles. The van der Waals surface area contributed by atoms with Gasteiger partial charge >= 0.3 is 0 Å². The molecule has 1 saturated carbocycles. The molecule has 1 nitrogen and oxygen atoms in total. The fraction of sp³-hybridized carbons (Fsp3) is 0.684. The van der Waals surface area contributed by atoms with Crippen LogP contribution in [0.4, 0.5) is 4.39 Å². The minimum atomic E-state index is -0.122. The third-order valence-corrected chi connectivity index (χ3v) is 5.22. The van der Waals surface area contributed by atoms with Crippen molar-refractivity contribution >= 4 is 0 Å². The van der Waals surface area contributed by atoms with Gasteiger partial charge in [0.05, 0.1) is 0 Å². The predicted molar refractivity (Wildman–Crippen MR) is 88.0 cm³/mol. The first-order valence-electron chi connectivity index (χ1n) is 8.49. The molecule has 1 aliphatic rings. The van der Waals surface area contributed by atoms with E-state index in [1.54, 1.807) is 12.1 Å². The highest BCUT2D eigenvalue weighted by atomic mass is 19.1. The molecule has 0 saturated heterocycles. The first-order valence-corrected chi connectivity index (χ1v) is 8.49. The molecule has 3 unspecified atom stereocenters. The second-order valence-corrected chi connectivity index (χ2v) is 7.02. The van der Waals surface area contributed by atoms with Gasteiger partial charge in [-0.1, -0.05) is 26.8 Å². The third kappa shape index (κ3) is 4.29. The van der Waals surface area contributed by atoms with Gasteiger partial charge in [0.1, 0.15) is 5.82 Å². The monoisotopic (exact) mass is 291 g/mol. The topological polar surface area (TPSA) is 12.0 Å². The lowest BCUT2D eigenvalue weighted by Crippen LogP contribution is -2.42. The van der Waals surface area contributed by atoms with Crippen molar-refractivity contribution in [3.05, 3.63) is 35.1 Å². The van der Waals surface area contributed by atoms with Crippen LogP contribution in [-0.4, -0.2) is 12.6 Å². The standard InChI is InChI=1S/C19H30FN/c1-5-21-19-9-7-15(13(2)3)11-17(19)12-16-6-8-18(20)10-14(16)4/h6,8,10,13,15,17,19,21H,5,7,9,11-12H2,1-4H3. The maximum absolute atomic E-state index is 13.3. The summed E-state index contributed by atoms with van der Waals surface area (Å²) in [6.07, 6.45) is 5.00. The Bertz CT molecular complexity index is 455. The number of aryl methyl sites for hydroxylation is 1. The lowest BCUT2D eigenvalue weighted by molar-refractivity contribution is 0.168. The molecule has 3 atom stereocenters. The maximum Gasteiger partial charge on any atom is 0.123 e. The van der Waals surface area contributed by atoms with Crippen LogP contribution in [-0.2, 0) is 6.42 Å². The summed E-state index contributed by atoms with van der Waals surface area (Å²) in [7, 11) is 0. The van der Waals surface area contributed by atoms with Crippen LogP contribution in [0.1, 0.15) is 51.2 Å². The van der Waals surface area contributed by atoms with E-state index in [4.69, 9.17) is 0 Å². The summed E-state index contributed by atoms with van der Waals surface area (Å²) < 4.78 is 13.3. The normalized spacial score (nSPS) is 26.3. The molecule has 1 aromatic rings. The molecule has 118 valence electrons. The van der Waals surface area contributed by atoms with Crippen molar-refractivity contribution in [3.63, 3.8) is 0 Å². The second-order valence-electron chi connectivity index (χ2n) is 7.02. The van der Waals surface area contributed by atoms with E-state index in [2.05, 4.69) is 26.1 Å². The highest BCUT2D eigenvalue weighted by Crippen LogP contribution is 2.36. The molecular weight excluding hydrogens is 261 g/mol. The molecule has 0 bridgehead atoms. The van der Waals surface area contributed by atoms with Crippen molar-refractivity contribution in [2.75, 3.05) is 6.54 Å². The van der Waals surface area contributed by atoms with Crippen molar-refractivity contribution in [1.29, 1.82) is 0 Å². The molecular formula is C19H30FN. The fourth-order valence-corrected chi connectivity index (χ4v) is 3.83. The fourth-order valence-electron chi connectivity index (χ4n) is 3.83. The minimum absolute atomic E-state index is 0.122. The van der Waals surface area contributed by atoms with Gasteiger partial charge in [-0.15, -0.1) is 0 Å². The van der Waals surface area contributed by atoms with Crippen LogP contribution in [0.2, 0.25) is 0 Å². The number of nitrogens with one attached hydrogen (secondary N) is 1. The molecule has 0 amide bonds. The summed E-state index contributed by atoms with van der Waals surface area (Å²) in [4.78, 5) is 0. The van der Waals surface area contributed by atoms with E-state index < -0.39 is 0 Å². The van der Waals surface area contributed by atoms with Crippen molar-refractivity contribution in [2.45, 2.75) is 59.4 Å². The van der Waals surface area contributed by atoms with Crippen molar-refractivity contribution in [3.8, 4) is 0 Å². The van der Waals surface area contributed by atoms with Gasteiger partial charge in [-0.3, -0.25) is 0 Å². The van der Waals surface area contributed by atoms with Crippen LogP contribution in [0.15, 0.2) is 18.2 Å². The first kappa shape index (κ1) is 16.5. The molecule has 0 spiro atoms. The molecule has 1 N–H and O–H groups in total. The Hall–Kier alpha value is -0.890. The van der Waals surface area contributed by atoms with Crippen LogP contribution >= 0.6 is 0 Å². The van der Waals surface area contributed by atoms with E-state index in [9.17, 15) is 4.39 Å². The summed E-state index contributed by atoms with van der Waals surface area (Å²) >= 11 is 0. The van der Waals surface area contributed by atoms with Crippen LogP contribution in [0.25, 0.3) is 0 Å². The summed E-state index contributed by atoms with van der Waals surface area (Å²) in [5, 5.41) is 3.67. The Kier molecular flexibility index (Phi) is 5.80. The summed E-state index contributed by atoms with van der Waals surface area (Å²) in [6, 6.07) is 5.87. The number of rotatable bonds is 5. The van der Waals surface area contributed by atoms with Crippen molar-refractivity contribution in [1.82, 2.24) is 5.32 Å². The summed E-state index contributed by atoms with van der Waals surface area (Å²) in [6.45, 7) is 9.95. The largest absolute Gasteiger partial charge is 0.314 e. The average molecular weight is 291 g/mol. The van der Waals surface area contributed by atoms with Crippen molar-refractivity contribution in [2.24, 2.45) is 17.8 Å². The van der Waals surface area contributed by atoms with E-state index in [-0.39, 0.29) is 5.82 Å². The third-order valence-electron chi connectivity index (χ3n) is 5.22. The van der Waals surface area contributed by atoms with Crippen LogP contribution in [0.3, 0.4) is 0 Å².